The molecule has 3 aromatic rings. The molecule has 0 saturated heterocycles. The van der Waals surface area contributed by atoms with E-state index >= 15 is 0 Å². The van der Waals surface area contributed by atoms with Crippen LogP contribution in [0.4, 0.5) is 36.2 Å². The fourth-order valence-electron chi connectivity index (χ4n) is 2.71. The van der Waals surface area contributed by atoms with Gasteiger partial charge in [-0.05, 0) is 44.2 Å². The molecule has 0 amide bonds. The minimum absolute atomic E-state index is 0.149. The van der Waals surface area contributed by atoms with Crippen LogP contribution in [0.3, 0.4) is 0 Å². The Kier molecular flexibility index (Phi) is 6.41. The first kappa shape index (κ1) is 22.8. The van der Waals surface area contributed by atoms with Crippen LogP contribution in [0, 0.1) is 0 Å². The van der Waals surface area contributed by atoms with Crippen LogP contribution in [0.2, 0.25) is 5.02 Å². The van der Waals surface area contributed by atoms with Crippen molar-refractivity contribution in [3.8, 4) is 0 Å². The zero-order valence-corrected chi connectivity index (χ0v) is 17.9. The minimum atomic E-state index is -5.66. The monoisotopic (exact) mass is 475 g/mol. The second kappa shape index (κ2) is 8.71. The number of azo groups is 1. The zero-order valence-electron chi connectivity index (χ0n) is 16.3. The predicted octanol–water partition coefficient (Wildman–Crippen LogP) is 6.00. The smallest absolute Gasteiger partial charge is 0.421 e. The number of alkyl halides is 3. The van der Waals surface area contributed by atoms with E-state index in [2.05, 4.69) is 15.2 Å². The van der Waals surface area contributed by atoms with Crippen molar-refractivity contribution in [3.63, 3.8) is 0 Å². The van der Waals surface area contributed by atoms with Gasteiger partial charge in [0.1, 0.15) is 11.2 Å². The van der Waals surface area contributed by atoms with Gasteiger partial charge in [0.2, 0.25) is 0 Å². The molecule has 0 aliphatic carbocycles. The highest BCUT2D eigenvalue weighted by atomic mass is 35.5. The lowest BCUT2D eigenvalue weighted by molar-refractivity contribution is -0.0429. The van der Waals surface area contributed by atoms with Crippen LogP contribution >= 0.6 is 11.6 Å². The third-order valence-corrected chi connectivity index (χ3v) is 5.57. The zero-order chi connectivity index (χ0) is 22.8. The quantitative estimate of drug-likeness (QED) is 0.422. The molecule has 13 heteroatoms. The lowest BCUT2D eigenvalue weighted by Gasteiger charge is -2.22. The molecule has 0 unspecified atom stereocenters. The standard InChI is InChI=1S/C18H17ClF3N5O3S/c1-3-27(4-2)12-6-8-13(15(10-12)26-31(28,29)18(20,21)22)24-25-17-23-14-7-5-11(19)9-16(14)30-17/h5-10,26H,3-4H2,1-2H3. The Labute approximate surface area is 180 Å². The molecule has 166 valence electrons. The van der Waals surface area contributed by atoms with E-state index in [1.165, 1.54) is 22.9 Å². The number of hydrogen-bond donors (Lipinski definition) is 1. The first-order chi connectivity index (χ1) is 14.5. The molecule has 0 saturated carbocycles. The molecule has 2 aromatic carbocycles. The maximum atomic E-state index is 12.9. The van der Waals surface area contributed by atoms with Crippen LogP contribution in [0.1, 0.15) is 13.8 Å². The molecule has 0 bridgehead atoms. The molecule has 0 aliphatic heterocycles. The van der Waals surface area contributed by atoms with Gasteiger partial charge < -0.3 is 9.32 Å². The molecule has 1 N–H and O–H groups in total. The Balaban J connectivity index is 2.01. The fraction of sp³-hybridized carbons (Fsp3) is 0.278. The van der Waals surface area contributed by atoms with Crippen molar-refractivity contribution in [1.82, 2.24) is 4.98 Å². The van der Waals surface area contributed by atoms with E-state index in [4.69, 9.17) is 16.0 Å². The molecular weight excluding hydrogens is 459 g/mol. The van der Waals surface area contributed by atoms with E-state index in [1.54, 1.807) is 18.2 Å². The number of hydrogen-bond acceptors (Lipinski definition) is 7. The maximum absolute atomic E-state index is 12.9. The molecule has 0 radical (unpaired) electrons. The summed E-state index contributed by atoms with van der Waals surface area (Å²) in [6.07, 6.45) is 0. The lowest BCUT2D eigenvalue weighted by atomic mass is 10.2. The van der Waals surface area contributed by atoms with Gasteiger partial charge in [0, 0.05) is 29.9 Å². The lowest BCUT2D eigenvalue weighted by Crippen LogP contribution is -2.30. The number of rotatable bonds is 7. The average Bonchev–Trinajstić information content (AvgIpc) is 3.09. The molecule has 0 atom stereocenters. The van der Waals surface area contributed by atoms with Crippen molar-refractivity contribution in [2.24, 2.45) is 10.2 Å². The summed E-state index contributed by atoms with van der Waals surface area (Å²) in [5.74, 6) is 0. The molecule has 1 heterocycles. The molecular formula is C18H17ClF3N5O3S. The Hall–Kier alpha value is -2.86. The van der Waals surface area contributed by atoms with Gasteiger partial charge in [0.15, 0.2) is 5.58 Å². The topological polar surface area (TPSA) is 100 Å². The van der Waals surface area contributed by atoms with Crippen molar-refractivity contribution in [3.05, 3.63) is 41.4 Å². The van der Waals surface area contributed by atoms with Crippen LogP contribution in [0.15, 0.2) is 51.0 Å². The van der Waals surface area contributed by atoms with Crippen molar-refractivity contribution in [2.75, 3.05) is 22.7 Å². The number of nitrogens with zero attached hydrogens (tertiary/aromatic N) is 4. The highest BCUT2D eigenvalue weighted by Crippen LogP contribution is 2.35. The summed E-state index contributed by atoms with van der Waals surface area (Å²) < 4.78 is 68.9. The first-order valence-electron chi connectivity index (χ1n) is 9.00. The number of sulfonamides is 1. The van der Waals surface area contributed by atoms with Gasteiger partial charge in [0.05, 0.1) is 5.69 Å². The van der Waals surface area contributed by atoms with Gasteiger partial charge in [-0.1, -0.05) is 16.7 Å². The van der Waals surface area contributed by atoms with Gasteiger partial charge in [-0.15, -0.1) is 5.11 Å². The van der Waals surface area contributed by atoms with Crippen LogP contribution in [-0.2, 0) is 10.0 Å². The highest BCUT2D eigenvalue weighted by Gasteiger charge is 2.46. The second-order valence-electron chi connectivity index (χ2n) is 6.23. The van der Waals surface area contributed by atoms with Gasteiger partial charge in [0.25, 0.3) is 0 Å². The largest absolute Gasteiger partial charge is 0.516 e. The molecule has 3 rings (SSSR count). The molecule has 31 heavy (non-hydrogen) atoms. The first-order valence-corrected chi connectivity index (χ1v) is 10.9. The molecule has 0 fully saturated rings. The number of aromatic nitrogens is 1. The van der Waals surface area contributed by atoms with E-state index in [0.29, 0.717) is 34.9 Å². The maximum Gasteiger partial charge on any atom is 0.516 e. The Bertz CT molecular complexity index is 1220. The average molecular weight is 476 g/mol. The van der Waals surface area contributed by atoms with E-state index < -0.39 is 15.5 Å². The second-order valence-corrected chi connectivity index (χ2v) is 8.34. The van der Waals surface area contributed by atoms with Crippen molar-refractivity contribution >= 4 is 55.8 Å². The van der Waals surface area contributed by atoms with E-state index in [9.17, 15) is 21.6 Å². The number of halogens is 4. The van der Waals surface area contributed by atoms with Gasteiger partial charge >= 0.3 is 21.5 Å². The predicted molar refractivity (Wildman–Crippen MR) is 112 cm³/mol. The van der Waals surface area contributed by atoms with Gasteiger partial charge in [-0.25, -0.2) is 0 Å². The number of benzene rings is 2. The highest BCUT2D eigenvalue weighted by molar-refractivity contribution is 7.93. The molecule has 0 aliphatic rings. The third-order valence-electron chi connectivity index (χ3n) is 4.24. The molecule has 0 spiro atoms. The summed E-state index contributed by atoms with van der Waals surface area (Å²) in [4.78, 5) is 5.90. The van der Waals surface area contributed by atoms with E-state index in [1.807, 2.05) is 18.7 Å². The summed E-state index contributed by atoms with van der Waals surface area (Å²) in [5.41, 5.74) is -4.72. The van der Waals surface area contributed by atoms with E-state index in [-0.39, 0.29) is 17.4 Å². The van der Waals surface area contributed by atoms with Crippen LogP contribution < -0.4 is 9.62 Å². The summed E-state index contributed by atoms with van der Waals surface area (Å²) >= 11 is 5.88. The van der Waals surface area contributed by atoms with Gasteiger partial charge in [-0.2, -0.15) is 26.6 Å². The van der Waals surface area contributed by atoms with Crippen LogP contribution in [-0.4, -0.2) is 32.0 Å². The summed E-state index contributed by atoms with van der Waals surface area (Å²) in [6.45, 7) is 4.84. The van der Waals surface area contributed by atoms with Crippen molar-refractivity contribution in [2.45, 2.75) is 19.4 Å². The van der Waals surface area contributed by atoms with Crippen LogP contribution in [0.5, 0.6) is 0 Å². The van der Waals surface area contributed by atoms with Crippen molar-refractivity contribution < 1.29 is 26.0 Å². The third kappa shape index (κ3) is 5.07. The van der Waals surface area contributed by atoms with E-state index in [0.717, 1.165) is 0 Å². The van der Waals surface area contributed by atoms with Gasteiger partial charge in [-0.3, -0.25) is 4.72 Å². The summed E-state index contributed by atoms with van der Waals surface area (Å²) in [7, 11) is -5.66. The number of fused-ring (bicyclic) bond motifs is 1. The normalized spacial score (nSPS) is 12.6. The Morgan fingerprint density at radius 2 is 1.84 bits per heavy atom. The fourth-order valence-corrected chi connectivity index (χ4v) is 3.44. The Morgan fingerprint density at radius 3 is 2.48 bits per heavy atom. The summed E-state index contributed by atoms with van der Waals surface area (Å²) in [5, 5.41) is 8.04. The number of nitrogens with one attached hydrogen (secondary N) is 1. The number of anilines is 2. The van der Waals surface area contributed by atoms with Crippen molar-refractivity contribution in [1.29, 1.82) is 0 Å². The number of oxazole rings is 1. The minimum Gasteiger partial charge on any atom is -0.421 e. The molecule has 8 nitrogen and oxygen atoms in total. The Morgan fingerprint density at radius 1 is 1.13 bits per heavy atom. The summed E-state index contributed by atoms with van der Waals surface area (Å²) in [6, 6.07) is 8.75. The van der Waals surface area contributed by atoms with Crippen LogP contribution in [0.25, 0.3) is 11.1 Å². The SMILES string of the molecule is CCN(CC)c1ccc(N=Nc2nc3ccc(Cl)cc3o2)c(NS(=O)(=O)C(F)(F)F)c1. The molecule has 1 aromatic heterocycles.